The first-order valence-electron chi connectivity index (χ1n) is 5.54. The monoisotopic (exact) mass is 211 g/mol. The maximum Gasteiger partial charge on any atom is 0.0967 e. The first-order chi connectivity index (χ1) is 7.26. The van der Waals surface area contributed by atoms with E-state index >= 15 is 0 Å². The number of hydrogen-bond acceptors (Lipinski definition) is 4. The lowest BCUT2D eigenvalue weighted by Gasteiger charge is -2.19. The van der Waals surface area contributed by atoms with Crippen LogP contribution in [0.25, 0.3) is 0 Å². The molecule has 2 N–H and O–H groups in total. The van der Waals surface area contributed by atoms with Gasteiger partial charge < -0.3 is 5.73 Å². The van der Waals surface area contributed by atoms with Gasteiger partial charge >= 0.3 is 0 Å². The highest BCUT2D eigenvalue weighted by Crippen LogP contribution is 2.01. The van der Waals surface area contributed by atoms with Crippen LogP contribution in [-0.2, 0) is 13.6 Å². The molecule has 0 spiro atoms. The van der Waals surface area contributed by atoms with E-state index < -0.39 is 0 Å². The fourth-order valence-electron chi connectivity index (χ4n) is 1.53. The van der Waals surface area contributed by atoms with Gasteiger partial charge in [0.2, 0.25) is 0 Å². The van der Waals surface area contributed by atoms with E-state index in [1.165, 1.54) is 12.8 Å². The molecule has 5 nitrogen and oxygen atoms in total. The Morgan fingerprint density at radius 1 is 1.47 bits per heavy atom. The molecule has 15 heavy (non-hydrogen) atoms. The predicted octanol–water partition coefficient (Wildman–Crippen LogP) is 0.376. The van der Waals surface area contributed by atoms with Crippen LogP contribution in [0.15, 0.2) is 6.20 Å². The molecule has 0 bridgehead atoms. The minimum atomic E-state index is 0.698. The van der Waals surface area contributed by atoms with E-state index in [-0.39, 0.29) is 0 Å². The maximum absolute atomic E-state index is 5.58. The molecule has 0 amide bonds. The lowest BCUT2D eigenvalue weighted by molar-refractivity contribution is 0.265. The fraction of sp³-hybridized carbons (Fsp3) is 0.800. The number of nitrogens with zero attached hydrogens (tertiary/aromatic N) is 4. The summed E-state index contributed by atoms with van der Waals surface area (Å²) in [5, 5.41) is 8.00. The number of aromatic nitrogens is 3. The molecule has 0 unspecified atom stereocenters. The molecule has 1 aromatic heterocycles. The van der Waals surface area contributed by atoms with Crippen molar-refractivity contribution in [1.29, 1.82) is 0 Å². The van der Waals surface area contributed by atoms with Crippen molar-refractivity contribution in [1.82, 2.24) is 19.9 Å². The summed E-state index contributed by atoms with van der Waals surface area (Å²) in [5.41, 5.74) is 6.59. The van der Waals surface area contributed by atoms with Crippen molar-refractivity contribution in [3.63, 3.8) is 0 Å². The van der Waals surface area contributed by atoms with E-state index in [4.69, 9.17) is 5.73 Å². The zero-order valence-corrected chi connectivity index (χ0v) is 9.69. The van der Waals surface area contributed by atoms with Gasteiger partial charge in [0.1, 0.15) is 0 Å². The van der Waals surface area contributed by atoms with Crippen LogP contribution in [0, 0.1) is 0 Å². The lowest BCUT2D eigenvalue weighted by Crippen LogP contribution is -2.30. The molecule has 0 aliphatic rings. The second-order valence-electron chi connectivity index (χ2n) is 3.80. The van der Waals surface area contributed by atoms with Gasteiger partial charge in [-0.25, -0.2) is 0 Å². The average Bonchev–Trinajstić information content (AvgIpc) is 2.61. The van der Waals surface area contributed by atoms with E-state index in [2.05, 4.69) is 22.1 Å². The SMILES string of the molecule is CCCCN(CCN)Cc1cn(C)nn1. The van der Waals surface area contributed by atoms with Gasteiger partial charge in [-0.2, -0.15) is 0 Å². The maximum atomic E-state index is 5.58. The molecule has 86 valence electrons. The zero-order valence-electron chi connectivity index (χ0n) is 9.69. The van der Waals surface area contributed by atoms with Crippen LogP contribution in [0.4, 0.5) is 0 Å². The van der Waals surface area contributed by atoms with Gasteiger partial charge in [-0.3, -0.25) is 9.58 Å². The molecule has 1 rings (SSSR count). The first kappa shape index (κ1) is 12.1. The summed E-state index contributed by atoms with van der Waals surface area (Å²) in [6.45, 7) is 5.76. The van der Waals surface area contributed by atoms with Gasteiger partial charge in [0.05, 0.1) is 5.69 Å². The minimum absolute atomic E-state index is 0.698. The summed E-state index contributed by atoms with van der Waals surface area (Å²) in [5.74, 6) is 0. The quantitative estimate of drug-likeness (QED) is 0.708. The third-order valence-corrected chi connectivity index (χ3v) is 2.31. The number of hydrogen-bond donors (Lipinski definition) is 1. The minimum Gasteiger partial charge on any atom is -0.329 e. The average molecular weight is 211 g/mol. The molecule has 5 heteroatoms. The van der Waals surface area contributed by atoms with E-state index in [0.717, 1.165) is 25.3 Å². The molecule has 0 saturated carbocycles. The van der Waals surface area contributed by atoms with Crippen LogP contribution < -0.4 is 5.73 Å². The van der Waals surface area contributed by atoms with Gasteiger partial charge in [0.15, 0.2) is 0 Å². The molecule has 0 radical (unpaired) electrons. The molecule has 0 fully saturated rings. The van der Waals surface area contributed by atoms with Crippen molar-refractivity contribution in [3.05, 3.63) is 11.9 Å². The highest BCUT2D eigenvalue weighted by atomic mass is 15.4. The van der Waals surface area contributed by atoms with Crippen LogP contribution in [0.3, 0.4) is 0 Å². The summed E-state index contributed by atoms with van der Waals surface area (Å²) in [4.78, 5) is 2.33. The third kappa shape index (κ3) is 4.40. The van der Waals surface area contributed by atoms with Gasteiger partial charge in [0.25, 0.3) is 0 Å². The Morgan fingerprint density at radius 2 is 2.27 bits per heavy atom. The molecular weight excluding hydrogens is 190 g/mol. The molecule has 0 aliphatic carbocycles. The van der Waals surface area contributed by atoms with Crippen molar-refractivity contribution in [2.75, 3.05) is 19.6 Å². The van der Waals surface area contributed by atoms with Gasteiger partial charge in [0, 0.05) is 32.9 Å². The third-order valence-electron chi connectivity index (χ3n) is 2.31. The van der Waals surface area contributed by atoms with E-state index in [1.54, 1.807) is 4.68 Å². The number of rotatable bonds is 7. The number of unbranched alkanes of at least 4 members (excludes halogenated alkanes) is 1. The Labute approximate surface area is 91.2 Å². The van der Waals surface area contributed by atoms with E-state index in [1.807, 2.05) is 13.2 Å². The fourth-order valence-corrected chi connectivity index (χ4v) is 1.53. The van der Waals surface area contributed by atoms with Crippen molar-refractivity contribution in [2.45, 2.75) is 26.3 Å². The summed E-state index contributed by atoms with van der Waals surface area (Å²) in [7, 11) is 1.88. The van der Waals surface area contributed by atoms with Crippen molar-refractivity contribution >= 4 is 0 Å². The predicted molar refractivity (Wildman–Crippen MR) is 60.2 cm³/mol. The summed E-state index contributed by atoms with van der Waals surface area (Å²) < 4.78 is 1.73. The molecule has 0 atom stereocenters. The Kier molecular flexibility index (Phi) is 5.28. The molecule has 0 saturated heterocycles. The highest BCUT2D eigenvalue weighted by Gasteiger charge is 2.06. The van der Waals surface area contributed by atoms with Gasteiger partial charge in [-0.15, -0.1) is 5.10 Å². The largest absolute Gasteiger partial charge is 0.329 e. The highest BCUT2D eigenvalue weighted by molar-refractivity contribution is 4.91. The standard InChI is InChI=1S/C10H21N5/c1-3-4-6-15(7-5-11)9-10-8-14(2)13-12-10/h8H,3-7,9,11H2,1-2H3. The molecule has 0 aromatic carbocycles. The van der Waals surface area contributed by atoms with Crippen LogP contribution >= 0.6 is 0 Å². The van der Waals surface area contributed by atoms with Crippen molar-refractivity contribution in [3.8, 4) is 0 Å². The molecule has 1 aromatic rings. The summed E-state index contributed by atoms with van der Waals surface area (Å²) >= 11 is 0. The van der Waals surface area contributed by atoms with E-state index in [0.29, 0.717) is 6.54 Å². The topological polar surface area (TPSA) is 60.0 Å². The zero-order chi connectivity index (χ0) is 11.1. The van der Waals surface area contributed by atoms with E-state index in [9.17, 15) is 0 Å². The van der Waals surface area contributed by atoms with Crippen molar-refractivity contribution < 1.29 is 0 Å². The van der Waals surface area contributed by atoms with Crippen molar-refractivity contribution in [2.24, 2.45) is 12.8 Å². The van der Waals surface area contributed by atoms with Gasteiger partial charge in [-0.05, 0) is 13.0 Å². The summed E-state index contributed by atoms with van der Waals surface area (Å²) in [6.07, 6.45) is 4.37. The molecule has 1 heterocycles. The summed E-state index contributed by atoms with van der Waals surface area (Å²) in [6, 6.07) is 0. The lowest BCUT2D eigenvalue weighted by atomic mass is 10.3. The second-order valence-corrected chi connectivity index (χ2v) is 3.80. The van der Waals surface area contributed by atoms with Gasteiger partial charge in [-0.1, -0.05) is 18.6 Å². The molecule has 0 aliphatic heterocycles. The number of aryl methyl sites for hydroxylation is 1. The van der Waals surface area contributed by atoms with Crippen LogP contribution in [-0.4, -0.2) is 39.5 Å². The first-order valence-corrected chi connectivity index (χ1v) is 5.54. The normalized spacial score (nSPS) is 11.2. The van der Waals surface area contributed by atoms with Crippen LogP contribution in [0.2, 0.25) is 0 Å². The number of nitrogens with two attached hydrogens (primary N) is 1. The Morgan fingerprint density at radius 3 is 2.80 bits per heavy atom. The Balaban J connectivity index is 2.42. The second kappa shape index (κ2) is 6.53. The van der Waals surface area contributed by atoms with Crippen LogP contribution in [0.1, 0.15) is 25.5 Å². The molecular formula is C10H21N5. The Hall–Kier alpha value is -0.940. The van der Waals surface area contributed by atoms with Crippen LogP contribution in [0.5, 0.6) is 0 Å². The Bertz CT molecular complexity index is 271. The smallest absolute Gasteiger partial charge is 0.0967 e.